The normalized spacial score (nSPS) is 27.2. The van der Waals surface area contributed by atoms with Crippen molar-refractivity contribution in [3.8, 4) is 0 Å². The fourth-order valence-electron chi connectivity index (χ4n) is 2.79. The van der Waals surface area contributed by atoms with Gasteiger partial charge in [0.1, 0.15) is 0 Å². The SMILES string of the molecule is C=C1CC(C2NCC(C)CN2)=CC=C1c1ccc(C)s1. The lowest BCUT2D eigenvalue weighted by Gasteiger charge is -2.32. The Morgan fingerprint density at radius 2 is 1.95 bits per heavy atom. The fourth-order valence-corrected chi connectivity index (χ4v) is 3.73. The van der Waals surface area contributed by atoms with Crippen molar-refractivity contribution in [3.05, 3.63) is 51.8 Å². The summed E-state index contributed by atoms with van der Waals surface area (Å²) < 4.78 is 0. The molecule has 3 rings (SSSR count). The summed E-state index contributed by atoms with van der Waals surface area (Å²) in [5, 5.41) is 7.14. The largest absolute Gasteiger partial charge is 0.298 e. The second-order valence-corrected chi connectivity index (χ2v) is 7.16. The van der Waals surface area contributed by atoms with Gasteiger partial charge in [0.2, 0.25) is 0 Å². The van der Waals surface area contributed by atoms with Crippen LogP contribution in [0.4, 0.5) is 0 Å². The zero-order chi connectivity index (χ0) is 14.1. The Kier molecular flexibility index (Phi) is 3.92. The van der Waals surface area contributed by atoms with Crippen LogP contribution in [0.3, 0.4) is 0 Å². The van der Waals surface area contributed by atoms with Crippen LogP contribution in [0.25, 0.3) is 5.57 Å². The number of hydrogen-bond donors (Lipinski definition) is 2. The number of thiophene rings is 1. The summed E-state index contributed by atoms with van der Waals surface area (Å²) in [4.78, 5) is 2.69. The van der Waals surface area contributed by atoms with Crippen molar-refractivity contribution in [2.75, 3.05) is 13.1 Å². The van der Waals surface area contributed by atoms with Crippen LogP contribution in [0.2, 0.25) is 0 Å². The van der Waals surface area contributed by atoms with Crippen LogP contribution in [0.5, 0.6) is 0 Å². The number of rotatable bonds is 2. The highest BCUT2D eigenvalue weighted by Gasteiger charge is 2.23. The predicted molar refractivity (Wildman–Crippen MR) is 87.8 cm³/mol. The second kappa shape index (κ2) is 5.68. The van der Waals surface area contributed by atoms with E-state index in [-0.39, 0.29) is 0 Å². The Hall–Kier alpha value is -1.16. The Morgan fingerprint density at radius 1 is 1.20 bits per heavy atom. The van der Waals surface area contributed by atoms with E-state index in [0.29, 0.717) is 12.1 Å². The van der Waals surface area contributed by atoms with Crippen molar-refractivity contribution < 1.29 is 0 Å². The minimum absolute atomic E-state index is 0.311. The molecule has 2 N–H and O–H groups in total. The van der Waals surface area contributed by atoms with Crippen molar-refractivity contribution in [2.45, 2.75) is 26.4 Å². The number of nitrogens with one attached hydrogen (secondary N) is 2. The standard InChI is InChI=1S/C17H22N2S/c1-11-9-18-17(19-10-11)14-5-6-15(12(2)8-14)16-7-4-13(3)20-16/h4-7,11,17-19H,2,8-10H2,1,3H3. The van der Waals surface area contributed by atoms with Crippen molar-refractivity contribution in [1.29, 1.82) is 0 Å². The lowest BCUT2D eigenvalue weighted by Crippen LogP contribution is -2.53. The molecule has 1 aromatic rings. The monoisotopic (exact) mass is 286 g/mol. The molecule has 0 atom stereocenters. The van der Waals surface area contributed by atoms with E-state index in [2.05, 4.69) is 55.3 Å². The summed E-state index contributed by atoms with van der Waals surface area (Å²) in [7, 11) is 0. The van der Waals surface area contributed by atoms with E-state index >= 15 is 0 Å². The highest BCUT2D eigenvalue weighted by molar-refractivity contribution is 7.13. The van der Waals surface area contributed by atoms with E-state index in [1.807, 2.05) is 11.3 Å². The Balaban J connectivity index is 1.78. The first-order valence-corrected chi connectivity index (χ1v) is 8.07. The quantitative estimate of drug-likeness (QED) is 0.870. The van der Waals surface area contributed by atoms with E-state index in [4.69, 9.17) is 0 Å². The molecule has 1 fully saturated rings. The Morgan fingerprint density at radius 3 is 2.55 bits per heavy atom. The lowest BCUT2D eigenvalue weighted by molar-refractivity contribution is 0.335. The predicted octanol–water partition coefficient (Wildman–Crippen LogP) is 3.48. The third kappa shape index (κ3) is 2.80. The first-order chi connectivity index (χ1) is 9.63. The molecule has 1 aromatic heterocycles. The highest BCUT2D eigenvalue weighted by atomic mass is 32.1. The van der Waals surface area contributed by atoms with Gasteiger partial charge < -0.3 is 0 Å². The van der Waals surface area contributed by atoms with Gasteiger partial charge in [0.15, 0.2) is 0 Å². The van der Waals surface area contributed by atoms with Crippen LogP contribution >= 0.6 is 11.3 Å². The number of aryl methyl sites for hydroxylation is 1. The summed E-state index contributed by atoms with van der Waals surface area (Å²) in [6.45, 7) is 10.9. The fraction of sp³-hybridized carbons (Fsp3) is 0.412. The zero-order valence-corrected chi connectivity index (χ0v) is 13.0. The summed E-state index contributed by atoms with van der Waals surface area (Å²) >= 11 is 1.85. The molecule has 2 heterocycles. The van der Waals surface area contributed by atoms with Crippen LogP contribution in [-0.4, -0.2) is 19.3 Å². The average Bonchev–Trinajstić information content (AvgIpc) is 2.86. The molecule has 0 radical (unpaired) electrons. The van der Waals surface area contributed by atoms with Gasteiger partial charge in [-0.2, -0.15) is 0 Å². The van der Waals surface area contributed by atoms with Crippen molar-refractivity contribution in [1.82, 2.24) is 10.6 Å². The van der Waals surface area contributed by atoms with Crippen LogP contribution in [-0.2, 0) is 0 Å². The number of allylic oxidation sites excluding steroid dienone is 4. The maximum absolute atomic E-state index is 4.28. The van der Waals surface area contributed by atoms with Gasteiger partial charge in [0.05, 0.1) is 6.17 Å². The van der Waals surface area contributed by atoms with E-state index in [1.54, 1.807) is 0 Å². The molecule has 1 saturated heterocycles. The molecule has 0 aromatic carbocycles. The van der Waals surface area contributed by atoms with Crippen LogP contribution < -0.4 is 10.6 Å². The molecule has 2 nitrogen and oxygen atoms in total. The van der Waals surface area contributed by atoms with Gasteiger partial charge in [0, 0.05) is 22.8 Å². The van der Waals surface area contributed by atoms with Crippen LogP contribution in [0.15, 0.2) is 42.0 Å². The second-order valence-electron chi connectivity index (χ2n) is 5.87. The lowest BCUT2D eigenvalue weighted by atomic mass is 9.90. The summed E-state index contributed by atoms with van der Waals surface area (Å²) in [5.74, 6) is 0.707. The van der Waals surface area contributed by atoms with Gasteiger partial charge in [-0.1, -0.05) is 25.7 Å². The molecule has 106 valence electrons. The van der Waals surface area contributed by atoms with Gasteiger partial charge in [-0.3, -0.25) is 10.6 Å². The number of hydrogen-bond acceptors (Lipinski definition) is 3. The van der Waals surface area contributed by atoms with Crippen LogP contribution in [0, 0.1) is 12.8 Å². The van der Waals surface area contributed by atoms with E-state index in [9.17, 15) is 0 Å². The molecule has 1 aliphatic heterocycles. The van der Waals surface area contributed by atoms with Crippen molar-refractivity contribution in [3.63, 3.8) is 0 Å². The highest BCUT2D eigenvalue weighted by Crippen LogP contribution is 2.35. The van der Waals surface area contributed by atoms with Gasteiger partial charge in [-0.15, -0.1) is 11.3 Å². The molecule has 3 heteroatoms. The first kappa shape index (κ1) is 13.8. The molecule has 0 unspecified atom stereocenters. The molecule has 2 aliphatic rings. The van der Waals surface area contributed by atoms with Crippen molar-refractivity contribution in [2.24, 2.45) is 5.92 Å². The van der Waals surface area contributed by atoms with E-state index in [1.165, 1.54) is 26.5 Å². The molecule has 1 aliphatic carbocycles. The zero-order valence-electron chi connectivity index (χ0n) is 12.2. The summed E-state index contributed by atoms with van der Waals surface area (Å²) in [6.07, 6.45) is 5.76. The third-order valence-electron chi connectivity index (χ3n) is 3.98. The molecule has 0 amide bonds. The average molecular weight is 286 g/mol. The minimum atomic E-state index is 0.311. The molecule has 0 spiro atoms. The topological polar surface area (TPSA) is 24.1 Å². The van der Waals surface area contributed by atoms with Gasteiger partial charge in [-0.25, -0.2) is 0 Å². The Bertz CT molecular complexity index is 572. The summed E-state index contributed by atoms with van der Waals surface area (Å²) in [6, 6.07) is 4.38. The maximum atomic E-state index is 4.28. The summed E-state index contributed by atoms with van der Waals surface area (Å²) in [5.41, 5.74) is 3.93. The van der Waals surface area contributed by atoms with Gasteiger partial charge in [-0.05, 0) is 48.1 Å². The first-order valence-electron chi connectivity index (χ1n) is 7.26. The van der Waals surface area contributed by atoms with Crippen LogP contribution in [0.1, 0.15) is 23.1 Å². The smallest absolute Gasteiger partial charge is 0.0800 e. The van der Waals surface area contributed by atoms with Crippen molar-refractivity contribution >= 4 is 16.9 Å². The maximum Gasteiger partial charge on any atom is 0.0800 e. The van der Waals surface area contributed by atoms with Gasteiger partial charge in [0.25, 0.3) is 0 Å². The van der Waals surface area contributed by atoms with Gasteiger partial charge >= 0.3 is 0 Å². The Labute approximate surface area is 125 Å². The van der Waals surface area contributed by atoms with E-state index in [0.717, 1.165) is 19.5 Å². The van der Waals surface area contributed by atoms with E-state index < -0.39 is 0 Å². The molecule has 20 heavy (non-hydrogen) atoms. The molecule has 0 bridgehead atoms. The molecular formula is C17H22N2S. The molecular weight excluding hydrogens is 264 g/mol. The molecule has 0 saturated carbocycles. The minimum Gasteiger partial charge on any atom is -0.298 e. The third-order valence-corrected chi connectivity index (χ3v) is 5.01.